The van der Waals surface area contributed by atoms with Gasteiger partial charge in [0.1, 0.15) is 11.4 Å². The highest BCUT2D eigenvalue weighted by molar-refractivity contribution is 5.95. The molecule has 212 valence electrons. The van der Waals surface area contributed by atoms with Crippen LogP contribution in [0.3, 0.4) is 0 Å². The zero-order valence-corrected chi connectivity index (χ0v) is 22.3. The van der Waals surface area contributed by atoms with Gasteiger partial charge in [0.2, 0.25) is 11.6 Å². The van der Waals surface area contributed by atoms with E-state index in [1.807, 2.05) is 18.7 Å². The average molecular weight is 563 g/mol. The minimum absolute atomic E-state index is 0.00941. The van der Waals surface area contributed by atoms with Gasteiger partial charge in [-0.1, -0.05) is 31.2 Å². The molecule has 0 saturated carbocycles. The van der Waals surface area contributed by atoms with E-state index in [2.05, 4.69) is 35.8 Å². The van der Waals surface area contributed by atoms with Crippen molar-refractivity contribution in [3.8, 4) is 11.6 Å². The second-order valence-electron chi connectivity index (χ2n) is 8.65. The molecular weight excluding hydrogens is 536 g/mol. The molecule has 0 atom stereocenters. The molecule has 1 amide bonds. The summed E-state index contributed by atoms with van der Waals surface area (Å²) >= 11 is 0. The lowest BCUT2D eigenvalue weighted by Crippen LogP contribution is -2.27. The zero-order valence-electron chi connectivity index (χ0n) is 22.3. The number of hydrogen-bond donors (Lipinski definition) is 2. The fraction of sp³-hybridized carbons (Fsp3) is 0.240. The van der Waals surface area contributed by atoms with Crippen molar-refractivity contribution in [1.29, 1.82) is 0 Å². The van der Waals surface area contributed by atoms with E-state index in [0.29, 0.717) is 23.4 Å². The molecule has 4 rings (SSSR count). The third-order valence-electron chi connectivity index (χ3n) is 6.00. The van der Waals surface area contributed by atoms with Crippen molar-refractivity contribution in [2.75, 3.05) is 18.8 Å². The van der Waals surface area contributed by atoms with Crippen LogP contribution in [-0.4, -0.2) is 66.3 Å². The van der Waals surface area contributed by atoms with Gasteiger partial charge in [0, 0.05) is 18.2 Å². The molecule has 3 N–H and O–H groups in total. The van der Waals surface area contributed by atoms with Crippen LogP contribution in [0.4, 0.5) is 11.5 Å². The molecule has 0 aliphatic heterocycles. The van der Waals surface area contributed by atoms with Crippen molar-refractivity contribution in [2.45, 2.75) is 27.3 Å². The smallest absolute Gasteiger partial charge is 0.343 e. The Kier molecular flexibility index (Phi) is 8.73. The molecule has 0 unspecified atom stereocenters. The number of aryl methyl sites for hydroxylation is 1. The number of aromatic nitrogens is 5. The number of hydrogen-bond acceptors (Lipinski definition) is 13. The molecule has 0 aliphatic carbocycles. The molecule has 0 radical (unpaired) electrons. The van der Waals surface area contributed by atoms with E-state index in [0.717, 1.165) is 17.8 Å². The van der Waals surface area contributed by atoms with Crippen LogP contribution >= 0.6 is 0 Å². The lowest BCUT2D eigenvalue weighted by atomic mass is 10.1. The fourth-order valence-electron chi connectivity index (χ4n) is 3.82. The molecule has 2 heterocycles. The Balaban J connectivity index is 1.49. The van der Waals surface area contributed by atoms with Crippen LogP contribution in [0.15, 0.2) is 52.2 Å². The maximum absolute atomic E-state index is 13.2. The number of nitro groups is 1. The Morgan fingerprint density at radius 2 is 2.00 bits per heavy atom. The number of esters is 1. The van der Waals surface area contributed by atoms with Gasteiger partial charge in [-0.25, -0.2) is 14.8 Å². The molecule has 16 heteroatoms. The van der Waals surface area contributed by atoms with Crippen LogP contribution in [0.25, 0.3) is 5.82 Å². The summed E-state index contributed by atoms with van der Waals surface area (Å²) in [7, 11) is 0. The van der Waals surface area contributed by atoms with Gasteiger partial charge >= 0.3 is 5.97 Å². The Bertz CT molecular complexity index is 1610. The van der Waals surface area contributed by atoms with E-state index >= 15 is 0 Å². The highest BCUT2D eigenvalue weighted by atomic mass is 16.6. The number of anilines is 1. The molecule has 0 spiro atoms. The summed E-state index contributed by atoms with van der Waals surface area (Å²) in [6.45, 7) is 7.29. The topological polar surface area (TPSA) is 210 Å². The second kappa shape index (κ2) is 12.6. The van der Waals surface area contributed by atoms with E-state index in [1.54, 1.807) is 18.2 Å². The van der Waals surface area contributed by atoms with Gasteiger partial charge in [0.05, 0.1) is 16.7 Å². The minimum atomic E-state index is -0.687. The first kappa shape index (κ1) is 28.5. The summed E-state index contributed by atoms with van der Waals surface area (Å²) in [5.41, 5.74) is 9.58. The molecule has 2 aromatic carbocycles. The molecule has 4 aromatic rings. The van der Waals surface area contributed by atoms with Gasteiger partial charge in [-0.2, -0.15) is 9.78 Å². The van der Waals surface area contributed by atoms with Crippen molar-refractivity contribution in [2.24, 2.45) is 5.10 Å². The second-order valence-corrected chi connectivity index (χ2v) is 8.65. The SMILES string of the molecule is CCN(CC)Cc1nnn(-c2nonc2N)c1C(=O)NN=Cc1cccc(OC(=O)c2ccc([N+](=O)[O-])c(C)c2)c1. The van der Waals surface area contributed by atoms with Gasteiger partial charge in [0.25, 0.3) is 11.6 Å². The number of ether oxygens (including phenoxy) is 1. The first-order valence-electron chi connectivity index (χ1n) is 12.4. The number of nitrogen functional groups attached to an aromatic ring is 1. The largest absolute Gasteiger partial charge is 0.423 e. The maximum atomic E-state index is 13.2. The average Bonchev–Trinajstić information content (AvgIpc) is 3.56. The number of rotatable bonds is 11. The summed E-state index contributed by atoms with van der Waals surface area (Å²) < 4.78 is 11.2. The first-order chi connectivity index (χ1) is 19.7. The van der Waals surface area contributed by atoms with E-state index in [-0.39, 0.29) is 34.3 Å². The third-order valence-corrected chi connectivity index (χ3v) is 6.00. The lowest BCUT2D eigenvalue weighted by molar-refractivity contribution is -0.385. The third kappa shape index (κ3) is 6.56. The van der Waals surface area contributed by atoms with Crippen LogP contribution in [0.1, 0.15) is 51.5 Å². The van der Waals surface area contributed by atoms with Crippen molar-refractivity contribution in [3.05, 3.63) is 80.7 Å². The Hall–Kier alpha value is -5.51. The minimum Gasteiger partial charge on any atom is -0.423 e. The van der Waals surface area contributed by atoms with Crippen molar-refractivity contribution >= 4 is 29.6 Å². The number of nitrogens with two attached hydrogens (primary N) is 1. The van der Waals surface area contributed by atoms with Crippen LogP contribution in [-0.2, 0) is 6.54 Å². The molecule has 2 aromatic heterocycles. The number of amides is 1. The number of nitro benzene ring substituents is 1. The van der Waals surface area contributed by atoms with E-state index in [1.165, 1.54) is 37.4 Å². The Morgan fingerprint density at radius 1 is 1.22 bits per heavy atom. The summed E-state index contributed by atoms with van der Waals surface area (Å²) in [5.74, 6) is -1.17. The molecule has 16 nitrogen and oxygen atoms in total. The highest BCUT2D eigenvalue weighted by Crippen LogP contribution is 2.21. The number of carbonyl (C=O) groups is 2. The van der Waals surface area contributed by atoms with Gasteiger partial charge in [-0.05, 0) is 60.2 Å². The number of nitrogens with one attached hydrogen (secondary N) is 1. The molecular formula is C25H26N10O6. The Morgan fingerprint density at radius 3 is 2.66 bits per heavy atom. The summed E-state index contributed by atoms with van der Waals surface area (Å²) in [4.78, 5) is 38.3. The van der Waals surface area contributed by atoms with E-state index in [4.69, 9.17) is 10.5 Å². The van der Waals surface area contributed by atoms with E-state index in [9.17, 15) is 19.7 Å². The number of carbonyl (C=O) groups excluding carboxylic acids is 2. The van der Waals surface area contributed by atoms with Crippen molar-refractivity contribution in [1.82, 2.24) is 35.6 Å². The first-order valence-corrected chi connectivity index (χ1v) is 12.4. The predicted octanol–water partition coefficient (Wildman–Crippen LogP) is 2.27. The van der Waals surface area contributed by atoms with Gasteiger partial charge < -0.3 is 10.5 Å². The van der Waals surface area contributed by atoms with E-state index < -0.39 is 16.8 Å². The molecule has 0 fully saturated rings. The van der Waals surface area contributed by atoms with Crippen LogP contribution in [0, 0.1) is 17.0 Å². The molecule has 0 saturated heterocycles. The standard InChI is InChI=1S/C25H26N10O6/c1-4-33(5-2)14-19-21(34(32-28-19)23-22(26)30-41-31-23)24(36)29-27-13-16-7-6-8-18(12-16)40-25(37)17-9-10-20(35(38)39)15(3)11-17/h6-13H,4-5,14H2,1-3H3,(H2,26,30)(H,29,36). The van der Waals surface area contributed by atoms with Gasteiger partial charge in [-0.15, -0.1) is 5.10 Å². The van der Waals surface area contributed by atoms with Crippen molar-refractivity contribution in [3.63, 3.8) is 0 Å². The normalized spacial score (nSPS) is 11.2. The zero-order chi connectivity index (χ0) is 29.5. The monoisotopic (exact) mass is 562 g/mol. The van der Waals surface area contributed by atoms with Crippen LogP contribution in [0.2, 0.25) is 0 Å². The summed E-state index contributed by atoms with van der Waals surface area (Å²) in [6, 6.07) is 10.4. The maximum Gasteiger partial charge on any atom is 0.343 e. The Labute approximate surface area is 232 Å². The van der Waals surface area contributed by atoms with Gasteiger partial charge in [0.15, 0.2) is 5.69 Å². The molecule has 0 aliphatic rings. The lowest BCUT2D eigenvalue weighted by Gasteiger charge is -2.16. The van der Waals surface area contributed by atoms with Crippen LogP contribution < -0.4 is 15.9 Å². The summed E-state index contributed by atoms with van der Waals surface area (Å²) in [6.07, 6.45) is 1.36. The predicted molar refractivity (Wildman–Crippen MR) is 145 cm³/mol. The fourth-order valence-corrected chi connectivity index (χ4v) is 3.82. The quantitative estimate of drug-likeness (QED) is 0.0886. The molecule has 41 heavy (non-hydrogen) atoms. The highest BCUT2D eigenvalue weighted by Gasteiger charge is 2.26. The molecule has 0 bridgehead atoms. The van der Waals surface area contributed by atoms with Gasteiger partial charge in [-0.3, -0.25) is 19.8 Å². The number of benzene rings is 2. The van der Waals surface area contributed by atoms with Crippen LogP contribution in [0.5, 0.6) is 5.75 Å². The number of hydrazone groups is 1. The summed E-state index contributed by atoms with van der Waals surface area (Å²) in [5, 5.41) is 30.4. The number of nitrogens with zero attached hydrogens (tertiary/aromatic N) is 8. The van der Waals surface area contributed by atoms with Crippen molar-refractivity contribution < 1.29 is 23.9 Å².